The van der Waals surface area contributed by atoms with E-state index in [1.54, 1.807) is 30.3 Å². The van der Waals surface area contributed by atoms with Gasteiger partial charge in [-0.1, -0.05) is 63.2 Å². The van der Waals surface area contributed by atoms with E-state index in [2.05, 4.69) is 32.9 Å². The monoisotopic (exact) mass is 392 g/mol. The lowest BCUT2D eigenvalue weighted by molar-refractivity contribution is 0.0469. The molecule has 3 aromatic rings. The molecule has 0 bridgehead atoms. The van der Waals surface area contributed by atoms with Crippen LogP contribution in [0.25, 0.3) is 0 Å². The summed E-state index contributed by atoms with van der Waals surface area (Å²) in [7, 11) is 0. The molecule has 0 aliphatic rings. The molecule has 29 heavy (non-hydrogen) atoms. The van der Waals surface area contributed by atoms with Crippen molar-refractivity contribution in [1.82, 2.24) is 0 Å². The Labute approximate surface area is 171 Å². The Hall–Kier alpha value is -3.14. The molecule has 3 aromatic carbocycles. The number of halogens is 1. The third kappa shape index (κ3) is 5.67. The summed E-state index contributed by atoms with van der Waals surface area (Å²) >= 11 is 0. The summed E-state index contributed by atoms with van der Waals surface area (Å²) in [6.45, 7) is 6.82. The van der Waals surface area contributed by atoms with Crippen LogP contribution in [0.4, 0.5) is 4.39 Å². The van der Waals surface area contributed by atoms with E-state index in [1.807, 2.05) is 24.3 Å². The molecule has 150 valence electrons. The second-order valence-corrected chi connectivity index (χ2v) is 7.93. The van der Waals surface area contributed by atoms with Crippen LogP contribution in [-0.4, -0.2) is 5.97 Å². The van der Waals surface area contributed by atoms with Gasteiger partial charge < -0.3 is 9.47 Å². The average molecular weight is 392 g/mol. The fourth-order valence-electron chi connectivity index (χ4n) is 2.80. The number of benzene rings is 3. The van der Waals surface area contributed by atoms with Crippen LogP contribution >= 0.6 is 0 Å². The van der Waals surface area contributed by atoms with Crippen LogP contribution in [0.2, 0.25) is 0 Å². The van der Waals surface area contributed by atoms with Crippen molar-refractivity contribution in [3.05, 3.63) is 101 Å². The van der Waals surface area contributed by atoms with E-state index >= 15 is 0 Å². The molecule has 0 aromatic heterocycles. The van der Waals surface area contributed by atoms with Crippen LogP contribution in [-0.2, 0) is 23.4 Å². The highest BCUT2D eigenvalue weighted by atomic mass is 19.1. The first kappa shape index (κ1) is 20.6. The Bertz CT molecular complexity index is 955. The Morgan fingerprint density at radius 3 is 2.14 bits per heavy atom. The molecule has 0 fully saturated rings. The van der Waals surface area contributed by atoms with E-state index in [0.717, 1.165) is 11.3 Å². The first-order valence-corrected chi connectivity index (χ1v) is 9.56. The molecular formula is C25H25FO3. The minimum atomic E-state index is -0.488. The van der Waals surface area contributed by atoms with Gasteiger partial charge in [-0.05, 0) is 46.9 Å². The molecule has 0 aliphatic carbocycles. The first-order valence-electron chi connectivity index (χ1n) is 9.56. The number of rotatable bonds is 6. The summed E-state index contributed by atoms with van der Waals surface area (Å²) < 4.78 is 24.6. The normalized spacial score (nSPS) is 11.2. The Balaban J connectivity index is 1.53. The fraction of sp³-hybridized carbons (Fsp3) is 0.240. The van der Waals surface area contributed by atoms with E-state index in [0.29, 0.717) is 17.7 Å². The summed E-state index contributed by atoms with van der Waals surface area (Å²) in [6.07, 6.45) is 0. The molecule has 4 heteroatoms. The standard InChI is InChI=1S/C25H25FO3/c1-25(2,3)21-12-14-22(15-13-21)28-16-18-8-10-19(11-9-18)24(27)29-17-20-6-4-5-7-23(20)26/h4-15H,16-17H2,1-3H3. The largest absolute Gasteiger partial charge is 0.489 e. The molecule has 0 atom stereocenters. The number of hydrogen-bond acceptors (Lipinski definition) is 3. The maximum atomic E-state index is 13.6. The van der Waals surface area contributed by atoms with Gasteiger partial charge >= 0.3 is 5.97 Å². The summed E-state index contributed by atoms with van der Waals surface area (Å²) in [6, 6.07) is 21.3. The summed E-state index contributed by atoms with van der Waals surface area (Å²) in [5.41, 5.74) is 3.07. The smallest absolute Gasteiger partial charge is 0.338 e. The van der Waals surface area contributed by atoms with Crippen molar-refractivity contribution < 1.29 is 18.7 Å². The van der Waals surface area contributed by atoms with Crippen molar-refractivity contribution in [2.45, 2.75) is 39.4 Å². The van der Waals surface area contributed by atoms with Gasteiger partial charge in [-0.2, -0.15) is 0 Å². The van der Waals surface area contributed by atoms with Crippen molar-refractivity contribution in [2.75, 3.05) is 0 Å². The van der Waals surface area contributed by atoms with Crippen molar-refractivity contribution in [3.63, 3.8) is 0 Å². The molecule has 0 amide bonds. The zero-order chi connectivity index (χ0) is 20.9. The highest BCUT2D eigenvalue weighted by molar-refractivity contribution is 5.89. The Morgan fingerprint density at radius 1 is 0.862 bits per heavy atom. The first-order chi connectivity index (χ1) is 13.8. The number of hydrogen-bond donors (Lipinski definition) is 0. The van der Waals surface area contributed by atoms with Gasteiger partial charge in [0.1, 0.15) is 24.8 Å². The van der Waals surface area contributed by atoms with Crippen molar-refractivity contribution in [2.24, 2.45) is 0 Å². The van der Waals surface area contributed by atoms with Gasteiger partial charge in [-0.25, -0.2) is 9.18 Å². The molecule has 0 aliphatic heterocycles. The van der Waals surface area contributed by atoms with Crippen LogP contribution in [0.15, 0.2) is 72.8 Å². The van der Waals surface area contributed by atoms with Gasteiger partial charge in [0.25, 0.3) is 0 Å². The minimum Gasteiger partial charge on any atom is -0.489 e. The lowest BCUT2D eigenvalue weighted by Crippen LogP contribution is -2.10. The molecule has 3 nitrogen and oxygen atoms in total. The van der Waals surface area contributed by atoms with Crippen molar-refractivity contribution in [3.8, 4) is 5.75 Å². The lowest BCUT2D eigenvalue weighted by atomic mass is 9.87. The van der Waals surface area contributed by atoms with Gasteiger partial charge in [0.2, 0.25) is 0 Å². The predicted molar refractivity (Wildman–Crippen MR) is 111 cm³/mol. The number of ether oxygens (including phenoxy) is 2. The quantitative estimate of drug-likeness (QED) is 0.478. The summed E-state index contributed by atoms with van der Waals surface area (Å²) in [5.74, 6) is -0.0757. The van der Waals surface area contributed by atoms with Gasteiger partial charge in [0, 0.05) is 5.56 Å². The lowest BCUT2D eigenvalue weighted by Gasteiger charge is -2.19. The topological polar surface area (TPSA) is 35.5 Å². The van der Waals surface area contributed by atoms with Crippen molar-refractivity contribution in [1.29, 1.82) is 0 Å². The van der Waals surface area contributed by atoms with Gasteiger partial charge in [-0.3, -0.25) is 0 Å². The van der Waals surface area contributed by atoms with Crippen molar-refractivity contribution >= 4 is 5.97 Å². The summed E-state index contributed by atoms with van der Waals surface area (Å²) in [4.78, 5) is 12.2. The third-order valence-corrected chi connectivity index (χ3v) is 4.63. The number of carbonyl (C=O) groups is 1. The van der Waals surface area contributed by atoms with E-state index in [-0.39, 0.29) is 17.8 Å². The Morgan fingerprint density at radius 2 is 1.52 bits per heavy atom. The average Bonchev–Trinajstić information content (AvgIpc) is 2.71. The minimum absolute atomic E-state index is 0.0963. The SMILES string of the molecule is CC(C)(C)c1ccc(OCc2ccc(C(=O)OCc3ccccc3F)cc2)cc1. The maximum absolute atomic E-state index is 13.6. The van der Waals surface area contributed by atoms with E-state index < -0.39 is 5.97 Å². The second kappa shape index (κ2) is 8.91. The zero-order valence-corrected chi connectivity index (χ0v) is 16.9. The molecule has 0 saturated carbocycles. The zero-order valence-electron chi connectivity index (χ0n) is 16.9. The van der Waals surface area contributed by atoms with E-state index in [4.69, 9.17) is 9.47 Å². The highest BCUT2D eigenvalue weighted by Crippen LogP contribution is 2.24. The molecular weight excluding hydrogens is 367 g/mol. The predicted octanol–water partition coefficient (Wildman–Crippen LogP) is 6.06. The Kier molecular flexibility index (Phi) is 6.32. The van der Waals surface area contributed by atoms with Crippen LogP contribution in [0.3, 0.4) is 0 Å². The van der Waals surface area contributed by atoms with Crippen LogP contribution < -0.4 is 4.74 Å². The highest BCUT2D eigenvalue weighted by Gasteiger charge is 2.13. The fourth-order valence-corrected chi connectivity index (χ4v) is 2.80. The number of esters is 1. The van der Waals surface area contributed by atoms with Gasteiger partial charge in [0.15, 0.2) is 0 Å². The molecule has 0 N–H and O–H groups in total. The van der Waals surface area contributed by atoms with E-state index in [1.165, 1.54) is 11.6 Å². The molecule has 0 spiro atoms. The summed E-state index contributed by atoms with van der Waals surface area (Å²) in [5, 5.41) is 0. The molecule has 3 rings (SSSR count). The molecule has 0 saturated heterocycles. The van der Waals surface area contributed by atoms with E-state index in [9.17, 15) is 9.18 Å². The molecule has 0 unspecified atom stereocenters. The molecule has 0 heterocycles. The molecule has 0 radical (unpaired) electrons. The van der Waals surface area contributed by atoms with Crippen LogP contribution in [0.5, 0.6) is 5.75 Å². The second-order valence-electron chi connectivity index (χ2n) is 7.93. The van der Waals surface area contributed by atoms with Crippen LogP contribution in [0.1, 0.15) is 47.8 Å². The third-order valence-electron chi connectivity index (χ3n) is 4.63. The number of carbonyl (C=O) groups excluding carboxylic acids is 1. The van der Waals surface area contributed by atoms with Gasteiger partial charge in [0.05, 0.1) is 5.56 Å². The maximum Gasteiger partial charge on any atom is 0.338 e. The van der Waals surface area contributed by atoms with Gasteiger partial charge in [-0.15, -0.1) is 0 Å². The van der Waals surface area contributed by atoms with Crippen LogP contribution in [0, 0.1) is 5.82 Å².